The van der Waals surface area contributed by atoms with Crippen LogP contribution >= 0.6 is 0 Å². The van der Waals surface area contributed by atoms with Crippen LogP contribution < -0.4 is 10.1 Å². The van der Waals surface area contributed by atoms with Crippen molar-refractivity contribution in [1.82, 2.24) is 10.2 Å². The summed E-state index contributed by atoms with van der Waals surface area (Å²) in [5.41, 5.74) is 0.774. The maximum Gasteiger partial charge on any atom is 0.249 e. The van der Waals surface area contributed by atoms with Crippen LogP contribution in [0.15, 0.2) is 60.7 Å². The third-order valence-corrected chi connectivity index (χ3v) is 4.09. The van der Waals surface area contributed by atoms with Gasteiger partial charge in [-0.2, -0.15) is 0 Å². The van der Waals surface area contributed by atoms with Crippen molar-refractivity contribution in [2.24, 2.45) is 5.92 Å². The Hall–Kier alpha value is -2.82. The zero-order valence-corrected chi connectivity index (χ0v) is 16.2. The highest BCUT2D eigenvalue weighted by Crippen LogP contribution is 2.16. The zero-order chi connectivity index (χ0) is 19.6. The minimum Gasteiger partial charge on any atom is -0.492 e. The Morgan fingerprint density at radius 1 is 1.00 bits per heavy atom. The predicted octanol–water partition coefficient (Wildman–Crippen LogP) is 3.43. The van der Waals surface area contributed by atoms with E-state index in [0.717, 1.165) is 11.3 Å². The molecule has 5 nitrogen and oxygen atoms in total. The van der Waals surface area contributed by atoms with Crippen LogP contribution in [0.3, 0.4) is 0 Å². The first-order chi connectivity index (χ1) is 13.0. The van der Waals surface area contributed by atoms with Gasteiger partial charge < -0.3 is 15.0 Å². The number of nitrogens with one attached hydrogen (secondary N) is 1. The molecule has 0 bridgehead atoms. The van der Waals surface area contributed by atoms with Gasteiger partial charge in [-0.3, -0.25) is 9.59 Å². The Morgan fingerprint density at radius 3 is 2.19 bits per heavy atom. The summed E-state index contributed by atoms with van der Waals surface area (Å²) in [6, 6.07) is 18.1. The van der Waals surface area contributed by atoms with Crippen molar-refractivity contribution < 1.29 is 14.3 Å². The molecule has 2 rings (SSSR count). The average molecular weight is 368 g/mol. The van der Waals surface area contributed by atoms with Crippen LogP contribution in [-0.2, 0) is 9.59 Å². The van der Waals surface area contributed by atoms with Crippen molar-refractivity contribution in [2.45, 2.75) is 26.3 Å². The van der Waals surface area contributed by atoms with Gasteiger partial charge in [0, 0.05) is 13.5 Å². The molecule has 0 aliphatic heterocycles. The van der Waals surface area contributed by atoms with E-state index in [-0.39, 0.29) is 17.7 Å². The van der Waals surface area contributed by atoms with Crippen LogP contribution in [0.5, 0.6) is 5.75 Å². The predicted molar refractivity (Wildman–Crippen MR) is 106 cm³/mol. The van der Waals surface area contributed by atoms with Crippen molar-refractivity contribution in [3.8, 4) is 5.75 Å². The molecule has 2 aromatic rings. The molecule has 2 aromatic carbocycles. The number of para-hydroxylation sites is 1. The minimum absolute atomic E-state index is 0.124. The van der Waals surface area contributed by atoms with Crippen LogP contribution in [0.2, 0.25) is 0 Å². The van der Waals surface area contributed by atoms with E-state index >= 15 is 0 Å². The molecule has 0 spiro atoms. The van der Waals surface area contributed by atoms with Gasteiger partial charge in [0.1, 0.15) is 18.4 Å². The highest BCUT2D eigenvalue weighted by atomic mass is 16.5. The molecule has 1 unspecified atom stereocenters. The second-order valence-electron chi connectivity index (χ2n) is 6.93. The third-order valence-electron chi connectivity index (χ3n) is 4.09. The lowest BCUT2D eigenvalue weighted by Crippen LogP contribution is -2.42. The summed E-state index contributed by atoms with van der Waals surface area (Å²) in [6.45, 7) is 4.77. The van der Waals surface area contributed by atoms with Crippen LogP contribution in [0.25, 0.3) is 0 Å². The molecular weight excluding hydrogens is 340 g/mol. The van der Waals surface area contributed by atoms with Crippen molar-refractivity contribution in [2.75, 3.05) is 20.2 Å². The van der Waals surface area contributed by atoms with Gasteiger partial charge in [-0.15, -0.1) is 0 Å². The van der Waals surface area contributed by atoms with E-state index in [2.05, 4.69) is 5.32 Å². The molecule has 1 atom stereocenters. The van der Waals surface area contributed by atoms with E-state index in [1.54, 1.807) is 11.9 Å². The Bertz CT molecular complexity index is 717. The minimum atomic E-state index is -0.695. The zero-order valence-electron chi connectivity index (χ0n) is 16.2. The Morgan fingerprint density at radius 2 is 1.59 bits per heavy atom. The maximum absolute atomic E-state index is 13.0. The number of hydrogen-bond acceptors (Lipinski definition) is 3. The Kier molecular flexibility index (Phi) is 7.86. The molecule has 144 valence electrons. The molecule has 0 aliphatic rings. The summed E-state index contributed by atoms with van der Waals surface area (Å²) >= 11 is 0. The van der Waals surface area contributed by atoms with Crippen molar-refractivity contribution in [3.05, 3.63) is 66.2 Å². The fourth-order valence-corrected chi connectivity index (χ4v) is 2.67. The second kappa shape index (κ2) is 10.4. The summed E-state index contributed by atoms with van der Waals surface area (Å²) < 4.78 is 5.66. The Balaban J connectivity index is 2.00. The number of hydrogen-bond donors (Lipinski definition) is 1. The van der Waals surface area contributed by atoms with Gasteiger partial charge in [-0.05, 0) is 23.6 Å². The number of ether oxygens (including phenoxy) is 1. The number of carbonyl (C=O) groups excluding carboxylic acids is 2. The lowest BCUT2D eigenvalue weighted by Gasteiger charge is -2.25. The second-order valence-corrected chi connectivity index (χ2v) is 6.93. The molecule has 0 saturated carbocycles. The fraction of sp³-hybridized carbons (Fsp3) is 0.364. The molecule has 27 heavy (non-hydrogen) atoms. The van der Waals surface area contributed by atoms with E-state index < -0.39 is 6.04 Å². The lowest BCUT2D eigenvalue weighted by molar-refractivity contribution is -0.136. The third kappa shape index (κ3) is 6.77. The van der Waals surface area contributed by atoms with Gasteiger partial charge >= 0.3 is 0 Å². The summed E-state index contributed by atoms with van der Waals surface area (Å²) in [7, 11) is 1.72. The van der Waals surface area contributed by atoms with Crippen LogP contribution in [0.1, 0.15) is 31.9 Å². The van der Waals surface area contributed by atoms with Gasteiger partial charge in [0.15, 0.2) is 0 Å². The fourth-order valence-electron chi connectivity index (χ4n) is 2.67. The largest absolute Gasteiger partial charge is 0.492 e. The smallest absolute Gasteiger partial charge is 0.249 e. The van der Waals surface area contributed by atoms with E-state index in [0.29, 0.717) is 19.6 Å². The number of amides is 2. The molecule has 0 saturated heterocycles. The monoisotopic (exact) mass is 368 g/mol. The van der Waals surface area contributed by atoms with Crippen molar-refractivity contribution >= 4 is 11.8 Å². The van der Waals surface area contributed by atoms with Gasteiger partial charge in [-0.25, -0.2) is 0 Å². The summed E-state index contributed by atoms with van der Waals surface area (Å²) in [6.07, 6.45) is 0.386. The summed E-state index contributed by atoms with van der Waals surface area (Å²) in [5, 5.41) is 2.88. The maximum atomic E-state index is 13.0. The first-order valence-electron chi connectivity index (χ1n) is 9.24. The van der Waals surface area contributed by atoms with Gasteiger partial charge in [0.25, 0.3) is 0 Å². The molecular formula is C22H28N2O3. The van der Waals surface area contributed by atoms with E-state index in [1.165, 1.54) is 0 Å². The van der Waals surface area contributed by atoms with E-state index in [4.69, 9.17) is 4.74 Å². The first-order valence-corrected chi connectivity index (χ1v) is 9.24. The molecule has 0 aliphatic carbocycles. The molecule has 0 aromatic heterocycles. The van der Waals surface area contributed by atoms with Crippen LogP contribution in [0.4, 0.5) is 0 Å². The van der Waals surface area contributed by atoms with Crippen LogP contribution in [-0.4, -0.2) is 36.9 Å². The van der Waals surface area contributed by atoms with Crippen molar-refractivity contribution in [1.29, 1.82) is 0 Å². The number of likely N-dealkylation sites (N-methyl/N-ethyl adjacent to an activating group) is 1. The highest BCUT2D eigenvalue weighted by molar-refractivity contribution is 5.88. The lowest BCUT2D eigenvalue weighted by atomic mass is 10.0. The SMILES string of the molecule is CC(C)CC(=O)NC(C(=O)N(C)CCOc1ccccc1)c1ccccc1. The molecule has 0 radical (unpaired) electrons. The van der Waals surface area contributed by atoms with Crippen LogP contribution in [0, 0.1) is 5.92 Å². The van der Waals surface area contributed by atoms with E-state index in [9.17, 15) is 9.59 Å². The highest BCUT2D eigenvalue weighted by Gasteiger charge is 2.25. The quantitative estimate of drug-likeness (QED) is 0.738. The molecule has 2 amide bonds. The number of carbonyl (C=O) groups is 2. The van der Waals surface area contributed by atoms with Gasteiger partial charge in [-0.1, -0.05) is 62.4 Å². The molecule has 0 fully saturated rings. The van der Waals surface area contributed by atoms with E-state index in [1.807, 2.05) is 74.5 Å². The van der Waals surface area contributed by atoms with Gasteiger partial charge in [0.2, 0.25) is 11.8 Å². The number of benzene rings is 2. The average Bonchev–Trinajstić information content (AvgIpc) is 2.66. The Labute approximate surface area is 161 Å². The standard InChI is InChI=1S/C22H28N2O3/c1-17(2)16-20(25)23-21(18-10-6-4-7-11-18)22(26)24(3)14-15-27-19-12-8-5-9-13-19/h4-13,17,21H,14-16H2,1-3H3,(H,23,25). The van der Waals surface area contributed by atoms with Crippen molar-refractivity contribution in [3.63, 3.8) is 0 Å². The molecule has 5 heteroatoms. The van der Waals surface area contributed by atoms with Gasteiger partial charge in [0.05, 0.1) is 6.54 Å². The topological polar surface area (TPSA) is 58.6 Å². The number of nitrogens with zero attached hydrogens (tertiary/aromatic N) is 1. The summed E-state index contributed by atoms with van der Waals surface area (Å²) in [5.74, 6) is 0.716. The molecule has 0 heterocycles. The molecule has 1 N–H and O–H groups in total. The first kappa shape index (κ1) is 20.5. The summed E-state index contributed by atoms with van der Waals surface area (Å²) in [4.78, 5) is 26.8. The normalized spacial score (nSPS) is 11.7. The number of rotatable bonds is 9.